The fourth-order valence-electron chi connectivity index (χ4n) is 0.566. The Kier molecular flexibility index (Phi) is 1.58. The Morgan fingerprint density at radius 2 is 2.40 bits per heavy atom. The largest absolute Gasteiger partial charge is 0.396 e. The summed E-state index contributed by atoms with van der Waals surface area (Å²) >= 11 is 4.70. The first-order valence-electron chi connectivity index (χ1n) is 2.67. The van der Waals surface area contributed by atoms with Crippen LogP contribution in [0.3, 0.4) is 0 Å². The van der Waals surface area contributed by atoms with Gasteiger partial charge in [0, 0.05) is 13.2 Å². The molecule has 0 unspecified atom stereocenters. The molecular formula is C5H7N3OS. The first-order chi connectivity index (χ1) is 4.63. The molecule has 54 valence electrons. The summed E-state index contributed by atoms with van der Waals surface area (Å²) in [7, 11) is 1.58. The van der Waals surface area contributed by atoms with Crippen molar-refractivity contribution >= 4 is 17.9 Å². The Morgan fingerprint density at radius 1 is 1.80 bits per heavy atom. The summed E-state index contributed by atoms with van der Waals surface area (Å²) in [5.74, 6) is 0. The van der Waals surface area contributed by atoms with Gasteiger partial charge < -0.3 is 10.8 Å². The lowest BCUT2D eigenvalue weighted by molar-refractivity contribution is 0.706. The van der Waals surface area contributed by atoms with Crippen LogP contribution in [0.2, 0.25) is 0 Å². The zero-order valence-electron chi connectivity index (χ0n) is 5.42. The summed E-state index contributed by atoms with van der Waals surface area (Å²) in [6.07, 6.45) is 1.49. The van der Waals surface area contributed by atoms with Gasteiger partial charge >= 0.3 is 0 Å². The maximum Gasteiger partial charge on any atom is 0.285 e. The van der Waals surface area contributed by atoms with Crippen molar-refractivity contribution in [2.45, 2.75) is 0 Å². The number of nitrogens with zero attached hydrogens (tertiary/aromatic N) is 1. The molecule has 0 amide bonds. The summed E-state index contributed by atoms with van der Waals surface area (Å²) in [5, 5.41) is 2.62. The van der Waals surface area contributed by atoms with E-state index in [1.165, 1.54) is 10.9 Å². The Hall–Kier alpha value is -1.10. The summed E-state index contributed by atoms with van der Waals surface area (Å²) in [4.78, 5) is 10.9. The number of hydrogen-bond donors (Lipinski definition) is 2. The fraction of sp³-hybridized carbons (Fsp3) is 0.200. The number of aromatic nitrogens is 2. The molecule has 1 aromatic heterocycles. The molecule has 0 saturated heterocycles. The van der Waals surface area contributed by atoms with Crippen LogP contribution >= 0.6 is 12.2 Å². The van der Waals surface area contributed by atoms with Crippen molar-refractivity contribution in [3.8, 4) is 0 Å². The van der Waals surface area contributed by atoms with Crippen LogP contribution in [0.4, 0.5) is 5.69 Å². The molecule has 1 aromatic rings. The predicted molar refractivity (Wildman–Crippen MR) is 41.3 cm³/mol. The van der Waals surface area contributed by atoms with E-state index in [2.05, 4.69) is 5.10 Å². The van der Waals surface area contributed by atoms with Crippen LogP contribution in [0.1, 0.15) is 0 Å². The number of nitrogens with one attached hydrogen (secondary N) is 1. The highest BCUT2D eigenvalue weighted by molar-refractivity contribution is 7.71. The van der Waals surface area contributed by atoms with Gasteiger partial charge in [-0.05, 0) is 0 Å². The Labute approximate surface area is 62.3 Å². The second-order valence-electron chi connectivity index (χ2n) is 1.92. The van der Waals surface area contributed by atoms with E-state index in [1.54, 1.807) is 7.05 Å². The Balaban J connectivity index is 3.67. The highest BCUT2D eigenvalue weighted by Gasteiger charge is 1.94. The molecule has 5 heteroatoms. The molecule has 10 heavy (non-hydrogen) atoms. The quantitative estimate of drug-likeness (QED) is 0.522. The molecule has 0 bridgehead atoms. The van der Waals surface area contributed by atoms with Crippen LogP contribution in [-0.2, 0) is 7.05 Å². The summed E-state index contributed by atoms with van der Waals surface area (Å²) in [6, 6.07) is 0. The minimum Gasteiger partial charge on any atom is -0.396 e. The molecule has 0 fully saturated rings. The summed E-state index contributed by atoms with van der Waals surface area (Å²) in [6.45, 7) is 0. The lowest BCUT2D eigenvalue weighted by atomic mass is 10.5. The number of aryl methyl sites for hydroxylation is 1. The highest BCUT2D eigenvalue weighted by Crippen LogP contribution is 1.93. The van der Waals surface area contributed by atoms with Gasteiger partial charge in [-0.2, -0.15) is 0 Å². The van der Waals surface area contributed by atoms with Crippen molar-refractivity contribution in [3.63, 3.8) is 0 Å². The second kappa shape index (κ2) is 2.26. The molecule has 3 N–H and O–H groups in total. The monoisotopic (exact) mass is 157 g/mol. The molecule has 0 aromatic carbocycles. The zero-order chi connectivity index (χ0) is 7.72. The number of anilines is 1. The molecule has 0 radical (unpaired) electrons. The van der Waals surface area contributed by atoms with Crippen molar-refractivity contribution in [1.82, 2.24) is 9.78 Å². The maximum atomic E-state index is 10.9. The van der Waals surface area contributed by atoms with Crippen molar-refractivity contribution in [2.24, 2.45) is 7.05 Å². The van der Waals surface area contributed by atoms with Crippen molar-refractivity contribution in [2.75, 3.05) is 5.73 Å². The number of nitrogen functional groups attached to an aromatic ring is 1. The Morgan fingerprint density at radius 3 is 2.90 bits per heavy atom. The van der Waals surface area contributed by atoms with Gasteiger partial charge in [-0.3, -0.25) is 9.48 Å². The van der Waals surface area contributed by atoms with Gasteiger partial charge in [0.15, 0.2) is 0 Å². The van der Waals surface area contributed by atoms with Gasteiger partial charge in [0.2, 0.25) is 0 Å². The van der Waals surface area contributed by atoms with Gasteiger partial charge in [0.1, 0.15) is 4.51 Å². The SMILES string of the molecule is Cn1[nH]cc(N)c(=S)c1=O. The third-order valence-corrected chi connectivity index (χ3v) is 1.59. The van der Waals surface area contributed by atoms with Crippen LogP contribution in [0.5, 0.6) is 0 Å². The lowest BCUT2D eigenvalue weighted by Gasteiger charge is -1.96. The van der Waals surface area contributed by atoms with Gasteiger partial charge in [0.05, 0.1) is 5.69 Å². The zero-order valence-corrected chi connectivity index (χ0v) is 6.23. The van der Waals surface area contributed by atoms with E-state index in [0.717, 1.165) is 0 Å². The molecule has 0 saturated carbocycles. The third kappa shape index (κ3) is 0.950. The van der Waals surface area contributed by atoms with Gasteiger partial charge in [-0.25, -0.2) is 0 Å². The molecule has 0 aliphatic rings. The molecule has 0 spiro atoms. The average molecular weight is 157 g/mol. The Bertz CT molecular complexity index is 316. The van der Waals surface area contributed by atoms with Crippen molar-refractivity contribution < 1.29 is 0 Å². The fourth-order valence-corrected chi connectivity index (χ4v) is 0.762. The van der Waals surface area contributed by atoms with E-state index < -0.39 is 0 Å². The van der Waals surface area contributed by atoms with Gasteiger partial charge in [-0.1, -0.05) is 12.2 Å². The van der Waals surface area contributed by atoms with E-state index in [1.807, 2.05) is 0 Å². The number of H-pyrrole nitrogens is 1. The minimum absolute atomic E-state index is 0.168. The molecule has 1 heterocycles. The lowest BCUT2D eigenvalue weighted by Crippen LogP contribution is -2.20. The van der Waals surface area contributed by atoms with E-state index in [9.17, 15) is 4.79 Å². The smallest absolute Gasteiger partial charge is 0.285 e. The van der Waals surface area contributed by atoms with Crippen LogP contribution < -0.4 is 11.3 Å². The normalized spacial score (nSPS) is 9.70. The van der Waals surface area contributed by atoms with E-state index in [4.69, 9.17) is 18.0 Å². The van der Waals surface area contributed by atoms with Crippen LogP contribution in [-0.4, -0.2) is 9.78 Å². The maximum absolute atomic E-state index is 10.9. The number of nitrogens with two attached hydrogens (primary N) is 1. The van der Waals surface area contributed by atoms with Crippen molar-refractivity contribution in [3.05, 3.63) is 21.1 Å². The predicted octanol–water partition coefficient (Wildman–Crippen LogP) is 0.0251. The first-order valence-corrected chi connectivity index (χ1v) is 3.08. The van der Waals surface area contributed by atoms with Gasteiger partial charge in [-0.15, -0.1) is 0 Å². The standard InChI is InChI=1S/C5H7N3OS/c1-8-5(9)4(10)3(6)2-7-8/h2,7H,6H2,1H3. The number of aromatic amines is 1. The summed E-state index contributed by atoms with van der Waals surface area (Å²) < 4.78 is 1.44. The van der Waals surface area contributed by atoms with E-state index in [0.29, 0.717) is 5.69 Å². The van der Waals surface area contributed by atoms with E-state index in [-0.39, 0.29) is 10.1 Å². The second-order valence-corrected chi connectivity index (χ2v) is 2.33. The molecule has 0 aliphatic heterocycles. The number of hydrogen-bond acceptors (Lipinski definition) is 3. The molecule has 0 aliphatic carbocycles. The van der Waals surface area contributed by atoms with Crippen molar-refractivity contribution in [1.29, 1.82) is 0 Å². The average Bonchev–Trinajstić information content (AvgIpc) is 1.93. The summed E-state index contributed by atoms with van der Waals surface area (Å²) in [5.41, 5.74) is 5.39. The first kappa shape index (κ1) is 7.01. The van der Waals surface area contributed by atoms with Crippen LogP contribution in [0.25, 0.3) is 0 Å². The molecule has 4 nitrogen and oxygen atoms in total. The van der Waals surface area contributed by atoms with Gasteiger partial charge in [0.25, 0.3) is 5.56 Å². The third-order valence-electron chi connectivity index (χ3n) is 1.17. The molecular weight excluding hydrogens is 150 g/mol. The molecule has 1 rings (SSSR count). The molecule has 0 atom stereocenters. The van der Waals surface area contributed by atoms with Crippen LogP contribution in [0.15, 0.2) is 11.0 Å². The number of rotatable bonds is 0. The minimum atomic E-state index is -0.269. The van der Waals surface area contributed by atoms with Crippen LogP contribution in [0, 0.1) is 4.51 Å². The highest BCUT2D eigenvalue weighted by atomic mass is 32.1. The van der Waals surface area contributed by atoms with E-state index >= 15 is 0 Å². The topological polar surface area (TPSA) is 63.8 Å².